The molecule has 0 atom stereocenters. The van der Waals surface area contributed by atoms with E-state index < -0.39 is 0 Å². The van der Waals surface area contributed by atoms with Crippen LogP contribution in [0.3, 0.4) is 0 Å². The van der Waals surface area contributed by atoms with Crippen molar-refractivity contribution in [2.24, 2.45) is 0 Å². The van der Waals surface area contributed by atoms with Crippen LogP contribution < -0.4 is 0 Å². The van der Waals surface area contributed by atoms with Crippen LogP contribution in [0.25, 0.3) is 44.8 Å². The summed E-state index contributed by atoms with van der Waals surface area (Å²) in [5, 5.41) is 5.04. The van der Waals surface area contributed by atoms with Crippen molar-refractivity contribution in [3.05, 3.63) is 168 Å². The second kappa shape index (κ2) is 13.2. The van der Waals surface area contributed by atoms with Crippen LogP contribution in [0.2, 0.25) is 0 Å². The minimum atomic E-state index is 1.15. The Morgan fingerprint density at radius 2 is 0.949 bits per heavy atom. The molecule has 0 amide bonds. The maximum Gasteiger partial charge on any atom is -0.00266 e. The zero-order valence-corrected chi connectivity index (χ0v) is 23.2. The lowest BCUT2D eigenvalue weighted by atomic mass is 9.86. The fourth-order valence-electron chi connectivity index (χ4n) is 4.85. The van der Waals surface area contributed by atoms with Crippen molar-refractivity contribution in [1.29, 1.82) is 0 Å². The highest BCUT2D eigenvalue weighted by atomic mass is 14.2. The van der Waals surface area contributed by atoms with Crippen LogP contribution in [0, 0.1) is 20.8 Å². The quantitative estimate of drug-likeness (QED) is 0.225. The summed E-state index contributed by atoms with van der Waals surface area (Å²) in [7, 11) is 0. The van der Waals surface area contributed by atoms with Gasteiger partial charge in [-0.2, -0.15) is 0 Å². The Balaban J connectivity index is 0.000000205. The fourth-order valence-corrected chi connectivity index (χ4v) is 4.85. The molecular weight excluding hydrogens is 468 g/mol. The summed E-state index contributed by atoms with van der Waals surface area (Å²) in [5.74, 6) is 0. The normalized spacial score (nSPS) is 10.1. The third-order valence-electron chi connectivity index (χ3n) is 6.89. The lowest BCUT2D eigenvalue weighted by molar-refractivity contribution is 1.48. The van der Waals surface area contributed by atoms with Gasteiger partial charge in [0, 0.05) is 0 Å². The van der Waals surface area contributed by atoms with Gasteiger partial charge < -0.3 is 0 Å². The maximum atomic E-state index is 4.09. The molecule has 0 bridgehead atoms. The molecule has 0 unspecified atom stereocenters. The monoisotopic (exact) mass is 504 g/mol. The summed E-state index contributed by atoms with van der Waals surface area (Å²) >= 11 is 0. The number of hydrogen-bond donors (Lipinski definition) is 0. The van der Waals surface area contributed by atoms with Crippen LogP contribution in [-0.2, 0) is 0 Å². The zero-order valence-electron chi connectivity index (χ0n) is 23.2. The van der Waals surface area contributed by atoms with Gasteiger partial charge in [0.25, 0.3) is 0 Å². The largest absolute Gasteiger partial charge is 0.0984 e. The second-order valence-corrected chi connectivity index (χ2v) is 9.65. The molecule has 0 aliphatic carbocycles. The Labute approximate surface area is 233 Å². The highest BCUT2D eigenvalue weighted by Crippen LogP contribution is 2.39. The Hall–Kier alpha value is -4.68. The lowest BCUT2D eigenvalue weighted by Gasteiger charge is -2.18. The summed E-state index contributed by atoms with van der Waals surface area (Å²) in [6.45, 7) is 14.5. The van der Waals surface area contributed by atoms with E-state index in [9.17, 15) is 0 Å². The summed E-state index contributed by atoms with van der Waals surface area (Å²) < 4.78 is 0. The first-order valence-electron chi connectivity index (χ1n) is 13.4. The van der Waals surface area contributed by atoms with Gasteiger partial charge in [-0.25, -0.2) is 0 Å². The molecule has 0 aliphatic heterocycles. The average molecular weight is 505 g/mol. The van der Waals surface area contributed by atoms with Gasteiger partial charge in [0.15, 0.2) is 0 Å². The van der Waals surface area contributed by atoms with Crippen LogP contribution >= 0.6 is 0 Å². The summed E-state index contributed by atoms with van der Waals surface area (Å²) in [4.78, 5) is 0. The molecule has 0 saturated heterocycles. The molecule has 0 N–H and O–H groups in total. The minimum Gasteiger partial charge on any atom is -0.0984 e. The van der Waals surface area contributed by atoms with Crippen LogP contribution in [0.15, 0.2) is 141 Å². The van der Waals surface area contributed by atoms with Gasteiger partial charge in [0.1, 0.15) is 0 Å². The number of rotatable bonds is 3. The van der Waals surface area contributed by atoms with E-state index in [1.165, 1.54) is 49.4 Å². The van der Waals surface area contributed by atoms with E-state index in [1.807, 2.05) is 48.6 Å². The number of benzene rings is 6. The number of fused-ring (bicyclic) bond motifs is 2. The van der Waals surface area contributed by atoms with Crippen LogP contribution in [0.4, 0.5) is 0 Å². The molecule has 0 aliphatic rings. The molecule has 0 heterocycles. The molecule has 0 heteroatoms. The molecule has 0 radical (unpaired) electrons. The highest BCUT2D eigenvalue weighted by molar-refractivity contribution is 6.06. The van der Waals surface area contributed by atoms with E-state index in [0.717, 1.165) is 11.1 Å². The fraction of sp³-hybridized carbons (Fsp3) is 0.0769. The van der Waals surface area contributed by atoms with E-state index in [4.69, 9.17) is 0 Å². The van der Waals surface area contributed by atoms with Crippen molar-refractivity contribution in [2.45, 2.75) is 20.8 Å². The smallest absolute Gasteiger partial charge is 0.00266 e. The van der Waals surface area contributed by atoms with Crippen molar-refractivity contribution < 1.29 is 0 Å². The Morgan fingerprint density at radius 3 is 1.46 bits per heavy atom. The standard InChI is InChI=1S/C25H20.2C7H8/c1-4-21-17(3)23-12-8-9-13-24(23)25(22(21)5-2)20-15-14-18-10-6-7-11-19(18)16-20;2*1-7-5-3-2-4-6-7/h4-16H,1-2H2,3H3;2*2-6H,1H3. The van der Waals surface area contributed by atoms with Gasteiger partial charge in [-0.3, -0.25) is 0 Å². The molecule has 0 saturated carbocycles. The first-order chi connectivity index (χ1) is 19.0. The molecule has 0 nitrogen and oxygen atoms in total. The first kappa shape index (κ1) is 27.4. The molecule has 0 spiro atoms. The summed E-state index contributed by atoms with van der Waals surface area (Å²) in [6, 6.07) is 44.3. The topological polar surface area (TPSA) is 0 Å². The van der Waals surface area contributed by atoms with Crippen LogP contribution in [0.1, 0.15) is 27.8 Å². The van der Waals surface area contributed by atoms with Crippen molar-refractivity contribution in [3.63, 3.8) is 0 Å². The van der Waals surface area contributed by atoms with E-state index in [1.54, 1.807) is 0 Å². The number of aryl methyl sites for hydroxylation is 3. The predicted octanol–water partition coefficient (Wildman–Crippen LogP) is 11.2. The minimum absolute atomic E-state index is 1.15. The molecular formula is C39H36. The molecule has 0 fully saturated rings. The van der Waals surface area contributed by atoms with Crippen LogP contribution in [0.5, 0.6) is 0 Å². The van der Waals surface area contributed by atoms with E-state index in [2.05, 4.69) is 125 Å². The van der Waals surface area contributed by atoms with Gasteiger partial charge in [-0.05, 0) is 76.2 Å². The van der Waals surface area contributed by atoms with E-state index >= 15 is 0 Å². The van der Waals surface area contributed by atoms with Gasteiger partial charge in [0.05, 0.1) is 0 Å². The molecule has 192 valence electrons. The Bertz CT molecular complexity index is 1650. The summed E-state index contributed by atoms with van der Waals surface area (Å²) in [6.07, 6.45) is 3.91. The van der Waals surface area contributed by atoms with Gasteiger partial charge >= 0.3 is 0 Å². The zero-order chi connectivity index (χ0) is 27.6. The van der Waals surface area contributed by atoms with Gasteiger partial charge in [0.2, 0.25) is 0 Å². The lowest BCUT2D eigenvalue weighted by Crippen LogP contribution is -1.95. The van der Waals surface area contributed by atoms with Gasteiger partial charge in [-0.1, -0.05) is 158 Å². The van der Waals surface area contributed by atoms with Gasteiger partial charge in [-0.15, -0.1) is 0 Å². The SMILES string of the molecule is C=Cc1c(C=C)c(-c2ccc3ccccc3c2)c2ccccc2c1C.Cc1ccccc1.Cc1ccccc1. The Morgan fingerprint density at radius 1 is 0.462 bits per heavy atom. The average Bonchev–Trinajstić information content (AvgIpc) is 2.98. The van der Waals surface area contributed by atoms with Crippen molar-refractivity contribution in [2.75, 3.05) is 0 Å². The Kier molecular flexibility index (Phi) is 9.27. The maximum absolute atomic E-state index is 4.09. The van der Waals surface area contributed by atoms with Crippen molar-refractivity contribution in [1.82, 2.24) is 0 Å². The molecule has 39 heavy (non-hydrogen) atoms. The van der Waals surface area contributed by atoms with Crippen molar-refractivity contribution >= 4 is 33.7 Å². The van der Waals surface area contributed by atoms with E-state index in [0.29, 0.717) is 0 Å². The predicted molar refractivity (Wildman–Crippen MR) is 174 cm³/mol. The highest BCUT2D eigenvalue weighted by Gasteiger charge is 2.15. The number of hydrogen-bond acceptors (Lipinski definition) is 0. The molecule has 0 aromatic heterocycles. The van der Waals surface area contributed by atoms with Crippen molar-refractivity contribution in [3.8, 4) is 11.1 Å². The third kappa shape index (κ3) is 6.61. The summed E-state index contributed by atoms with van der Waals surface area (Å²) in [5.41, 5.74) is 8.66. The first-order valence-corrected chi connectivity index (χ1v) is 13.4. The molecule has 6 aromatic carbocycles. The third-order valence-corrected chi connectivity index (χ3v) is 6.89. The molecule has 6 aromatic rings. The van der Waals surface area contributed by atoms with Crippen LogP contribution in [-0.4, -0.2) is 0 Å². The second-order valence-electron chi connectivity index (χ2n) is 9.65. The molecule has 6 rings (SSSR count). The van der Waals surface area contributed by atoms with E-state index in [-0.39, 0.29) is 0 Å².